The minimum atomic E-state index is 0.0934. The molecule has 1 aromatic heterocycles. The van der Waals surface area contributed by atoms with E-state index < -0.39 is 0 Å². The number of carbonyl (C=O) groups is 1. The van der Waals surface area contributed by atoms with Gasteiger partial charge in [0.15, 0.2) is 10.9 Å². The lowest BCUT2D eigenvalue weighted by atomic mass is 9.98. The number of thiazole rings is 1. The van der Waals surface area contributed by atoms with E-state index in [1.54, 1.807) is 0 Å². The Hall–Kier alpha value is -1.68. The van der Waals surface area contributed by atoms with Gasteiger partial charge < -0.3 is 5.73 Å². The molecule has 0 aliphatic rings. The fourth-order valence-corrected chi connectivity index (χ4v) is 2.58. The van der Waals surface area contributed by atoms with E-state index in [0.717, 1.165) is 17.7 Å². The fraction of sp³-hybridized carbons (Fsp3) is 0.333. The molecule has 1 heterocycles. The summed E-state index contributed by atoms with van der Waals surface area (Å²) in [5.41, 5.74) is 8.28. The molecule has 1 aromatic carbocycles. The number of benzene rings is 1. The summed E-state index contributed by atoms with van der Waals surface area (Å²) in [5.74, 6) is 0.680. The van der Waals surface area contributed by atoms with Crippen LogP contribution in [0, 0.1) is 5.92 Å². The number of ketones is 1. The number of nitrogens with zero attached hydrogens (tertiary/aromatic N) is 1. The maximum absolute atomic E-state index is 12.2. The van der Waals surface area contributed by atoms with E-state index >= 15 is 0 Å². The van der Waals surface area contributed by atoms with Crippen LogP contribution in [0.25, 0.3) is 0 Å². The third kappa shape index (κ3) is 3.89. The largest absolute Gasteiger partial charge is 0.375 e. The molecule has 0 aliphatic carbocycles. The third-order valence-corrected chi connectivity index (χ3v) is 3.53. The van der Waals surface area contributed by atoms with E-state index in [1.165, 1.54) is 16.9 Å². The number of hydrogen-bond donors (Lipinski definition) is 1. The summed E-state index contributed by atoms with van der Waals surface area (Å²) in [6.45, 7) is 4.35. The molecule has 2 rings (SSSR count). The average molecular weight is 274 g/mol. The number of anilines is 1. The van der Waals surface area contributed by atoms with Crippen molar-refractivity contribution in [3.63, 3.8) is 0 Å². The van der Waals surface area contributed by atoms with Crippen molar-refractivity contribution in [2.45, 2.75) is 26.7 Å². The van der Waals surface area contributed by atoms with Gasteiger partial charge in [-0.25, -0.2) is 4.98 Å². The topological polar surface area (TPSA) is 56.0 Å². The molecule has 2 aromatic rings. The lowest BCUT2D eigenvalue weighted by Crippen LogP contribution is -2.05. The normalized spacial score (nSPS) is 10.9. The summed E-state index contributed by atoms with van der Waals surface area (Å²) in [6.07, 6.45) is 1.31. The average Bonchev–Trinajstić information content (AvgIpc) is 2.74. The Morgan fingerprint density at radius 3 is 2.84 bits per heavy atom. The molecule has 0 unspecified atom stereocenters. The molecule has 0 saturated heterocycles. The number of hydrogen-bond acceptors (Lipinski definition) is 4. The minimum absolute atomic E-state index is 0.0934. The number of aromatic nitrogens is 1. The number of Topliss-reactive ketones (excluding diaryl/α,β-unsaturated/α-hetero) is 1. The number of carbonyl (C=O) groups excluding carboxylic acids is 1. The molecule has 2 N–H and O–H groups in total. The molecule has 4 heteroatoms. The van der Waals surface area contributed by atoms with E-state index in [9.17, 15) is 4.79 Å². The molecule has 0 aliphatic heterocycles. The van der Waals surface area contributed by atoms with Crippen LogP contribution in [0.4, 0.5) is 5.13 Å². The monoisotopic (exact) mass is 274 g/mol. The zero-order chi connectivity index (χ0) is 13.8. The number of rotatable bonds is 5. The SMILES string of the molecule is CC(C)Cc1cccc(C(=O)Cc2csc(N)n2)c1. The highest BCUT2D eigenvalue weighted by molar-refractivity contribution is 7.13. The van der Waals surface area contributed by atoms with Crippen LogP contribution in [0.2, 0.25) is 0 Å². The van der Waals surface area contributed by atoms with E-state index in [-0.39, 0.29) is 5.78 Å². The van der Waals surface area contributed by atoms with Gasteiger partial charge in [0.2, 0.25) is 0 Å². The van der Waals surface area contributed by atoms with Gasteiger partial charge in [-0.15, -0.1) is 11.3 Å². The van der Waals surface area contributed by atoms with Crippen molar-refractivity contribution in [3.05, 3.63) is 46.5 Å². The van der Waals surface area contributed by atoms with Gasteiger partial charge in [0.1, 0.15) is 0 Å². The number of nitrogen functional groups attached to an aromatic ring is 1. The summed E-state index contributed by atoms with van der Waals surface area (Å²) in [6, 6.07) is 7.86. The quantitative estimate of drug-likeness (QED) is 0.851. The van der Waals surface area contributed by atoms with E-state index in [1.807, 2.05) is 23.6 Å². The Labute approximate surface area is 117 Å². The second-order valence-corrected chi connectivity index (χ2v) is 5.97. The maximum atomic E-state index is 12.2. The van der Waals surface area contributed by atoms with Gasteiger partial charge in [0, 0.05) is 10.9 Å². The molecule has 0 saturated carbocycles. The second kappa shape index (κ2) is 5.97. The van der Waals surface area contributed by atoms with Gasteiger partial charge in [-0.2, -0.15) is 0 Å². The standard InChI is InChI=1S/C15H18N2OS/c1-10(2)6-11-4-3-5-12(7-11)14(18)8-13-9-19-15(16)17-13/h3-5,7,9-10H,6,8H2,1-2H3,(H2,16,17). The molecule has 0 radical (unpaired) electrons. The first kappa shape index (κ1) is 13.7. The van der Waals surface area contributed by atoms with Crippen molar-refractivity contribution in [2.24, 2.45) is 5.92 Å². The van der Waals surface area contributed by atoms with Gasteiger partial charge in [-0.05, 0) is 24.0 Å². The molecular formula is C15H18N2OS. The van der Waals surface area contributed by atoms with Crippen LogP contribution in [0.15, 0.2) is 29.6 Å². The van der Waals surface area contributed by atoms with Crippen LogP contribution in [0.1, 0.15) is 35.5 Å². The summed E-state index contributed by atoms with van der Waals surface area (Å²) in [7, 11) is 0. The van der Waals surface area contributed by atoms with Crippen molar-refractivity contribution in [3.8, 4) is 0 Å². The highest BCUT2D eigenvalue weighted by atomic mass is 32.1. The van der Waals surface area contributed by atoms with Crippen LogP contribution < -0.4 is 5.73 Å². The summed E-state index contributed by atoms with van der Waals surface area (Å²) in [5, 5.41) is 2.35. The molecule has 3 nitrogen and oxygen atoms in total. The minimum Gasteiger partial charge on any atom is -0.375 e. The predicted octanol–water partition coefficient (Wildman–Crippen LogP) is 3.35. The first-order valence-corrected chi connectivity index (χ1v) is 7.24. The third-order valence-electron chi connectivity index (χ3n) is 2.80. The summed E-state index contributed by atoms with van der Waals surface area (Å²) in [4.78, 5) is 16.3. The lowest BCUT2D eigenvalue weighted by molar-refractivity contribution is 0.0992. The molecule has 0 amide bonds. The van der Waals surface area contributed by atoms with Crippen molar-refractivity contribution in [2.75, 3.05) is 5.73 Å². The molecule has 19 heavy (non-hydrogen) atoms. The zero-order valence-corrected chi connectivity index (χ0v) is 12.0. The molecule has 0 atom stereocenters. The Morgan fingerprint density at radius 1 is 1.42 bits per heavy atom. The molecule has 0 fully saturated rings. The predicted molar refractivity (Wildman–Crippen MR) is 79.5 cm³/mol. The van der Waals surface area contributed by atoms with E-state index in [4.69, 9.17) is 5.73 Å². The highest BCUT2D eigenvalue weighted by Gasteiger charge is 2.10. The zero-order valence-electron chi connectivity index (χ0n) is 11.2. The highest BCUT2D eigenvalue weighted by Crippen LogP contribution is 2.15. The van der Waals surface area contributed by atoms with Gasteiger partial charge in [-0.3, -0.25) is 4.79 Å². The van der Waals surface area contributed by atoms with Crippen LogP contribution in [-0.4, -0.2) is 10.8 Å². The van der Waals surface area contributed by atoms with Gasteiger partial charge in [0.25, 0.3) is 0 Å². The molecule has 100 valence electrons. The smallest absolute Gasteiger partial charge is 0.180 e. The molecular weight excluding hydrogens is 256 g/mol. The summed E-state index contributed by atoms with van der Waals surface area (Å²) >= 11 is 1.37. The first-order chi connectivity index (χ1) is 9.04. The van der Waals surface area contributed by atoms with Crippen molar-refractivity contribution < 1.29 is 4.79 Å². The molecule has 0 bridgehead atoms. The molecule has 0 spiro atoms. The first-order valence-electron chi connectivity index (χ1n) is 6.36. The van der Waals surface area contributed by atoms with E-state index in [0.29, 0.717) is 17.5 Å². The van der Waals surface area contributed by atoms with Crippen LogP contribution in [0.3, 0.4) is 0 Å². The van der Waals surface area contributed by atoms with Crippen LogP contribution in [-0.2, 0) is 12.8 Å². The Kier molecular flexibility index (Phi) is 4.32. The van der Waals surface area contributed by atoms with Crippen LogP contribution >= 0.6 is 11.3 Å². The second-order valence-electron chi connectivity index (χ2n) is 5.08. The number of nitrogens with two attached hydrogens (primary N) is 1. The van der Waals surface area contributed by atoms with Crippen molar-refractivity contribution in [1.82, 2.24) is 4.98 Å². The van der Waals surface area contributed by atoms with Gasteiger partial charge in [-0.1, -0.05) is 32.0 Å². The van der Waals surface area contributed by atoms with Crippen molar-refractivity contribution >= 4 is 22.3 Å². The Morgan fingerprint density at radius 2 is 2.21 bits per heavy atom. The lowest BCUT2D eigenvalue weighted by Gasteiger charge is -2.06. The van der Waals surface area contributed by atoms with Crippen LogP contribution in [0.5, 0.6) is 0 Å². The fourth-order valence-electron chi connectivity index (χ4n) is 2.01. The van der Waals surface area contributed by atoms with Crippen molar-refractivity contribution in [1.29, 1.82) is 0 Å². The Bertz CT molecular complexity index is 575. The van der Waals surface area contributed by atoms with E-state index in [2.05, 4.69) is 24.9 Å². The summed E-state index contributed by atoms with van der Waals surface area (Å²) < 4.78 is 0. The van der Waals surface area contributed by atoms with Gasteiger partial charge in [0.05, 0.1) is 12.1 Å². The van der Waals surface area contributed by atoms with Gasteiger partial charge >= 0.3 is 0 Å². The Balaban J connectivity index is 2.10. The maximum Gasteiger partial charge on any atom is 0.180 e.